The Morgan fingerprint density at radius 3 is 2.75 bits per heavy atom. The number of aryl methyl sites for hydroxylation is 3. The van der Waals surface area contributed by atoms with Crippen molar-refractivity contribution >= 4 is 5.91 Å². The van der Waals surface area contributed by atoms with Gasteiger partial charge in [0.25, 0.3) is 5.91 Å². The van der Waals surface area contributed by atoms with Gasteiger partial charge < -0.3 is 9.73 Å². The van der Waals surface area contributed by atoms with Gasteiger partial charge in [0.15, 0.2) is 5.89 Å². The third-order valence-corrected chi connectivity index (χ3v) is 3.79. The molecule has 3 rings (SSSR count). The highest BCUT2D eigenvalue weighted by Crippen LogP contribution is 2.21. The normalized spacial score (nSPS) is 17.6. The van der Waals surface area contributed by atoms with Crippen LogP contribution in [0.15, 0.2) is 28.7 Å². The van der Waals surface area contributed by atoms with E-state index in [0.717, 1.165) is 19.3 Å². The average molecular weight is 270 g/mol. The second-order valence-corrected chi connectivity index (χ2v) is 5.33. The van der Waals surface area contributed by atoms with Crippen molar-refractivity contribution in [1.82, 2.24) is 10.3 Å². The fourth-order valence-electron chi connectivity index (χ4n) is 2.81. The first-order valence-electron chi connectivity index (χ1n) is 6.95. The Kier molecular flexibility index (Phi) is 3.30. The maximum atomic E-state index is 12.2. The molecule has 4 heteroatoms. The molecule has 0 saturated heterocycles. The van der Waals surface area contributed by atoms with Crippen LogP contribution >= 0.6 is 0 Å². The number of oxazole rings is 1. The van der Waals surface area contributed by atoms with Crippen LogP contribution in [0.1, 0.15) is 39.7 Å². The molecule has 0 unspecified atom stereocenters. The fourth-order valence-corrected chi connectivity index (χ4v) is 2.81. The first-order chi connectivity index (χ1) is 9.63. The summed E-state index contributed by atoms with van der Waals surface area (Å²) in [4.78, 5) is 16.3. The molecule has 0 radical (unpaired) electrons. The molecule has 0 spiro atoms. The first-order valence-corrected chi connectivity index (χ1v) is 6.95. The van der Waals surface area contributed by atoms with Gasteiger partial charge in [0, 0.05) is 13.0 Å². The van der Waals surface area contributed by atoms with Crippen molar-refractivity contribution in [3.8, 4) is 0 Å². The lowest BCUT2D eigenvalue weighted by atomic mass is 9.88. The topological polar surface area (TPSA) is 55.1 Å². The molecule has 1 aliphatic rings. The number of rotatable bonds is 2. The highest BCUT2D eigenvalue weighted by molar-refractivity contribution is 5.92. The molecule has 1 aromatic carbocycles. The predicted molar refractivity (Wildman–Crippen MR) is 75.7 cm³/mol. The number of hydrogen-bond acceptors (Lipinski definition) is 3. The Hall–Kier alpha value is -2.10. The smallest absolute Gasteiger partial charge is 0.289 e. The molecule has 0 bridgehead atoms. The minimum Gasteiger partial charge on any atom is -0.436 e. The Morgan fingerprint density at radius 1 is 1.30 bits per heavy atom. The SMILES string of the molecule is Cc1nc(C)c(C(=O)N[C@@H]2CCc3ccccc3C2)o1. The number of nitrogens with zero attached hydrogens (tertiary/aromatic N) is 1. The summed E-state index contributed by atoms with van der Waals surface area (Å²) < 4.78 is 5.36. The quantitative estimate of drug-likeness (QED) is 0.912. The number of aromatic nitrogens is 1. The molecule has 104 valence electrons. The van der Waals surface area contributed by atoms with Crippen LogP contribution in [0.3, 0.4) is 0 Å². The molecule has 1 amide bonds. The van der Waals surface area contributed by atoms with Crippen molar-refractivity contribution in [2.45, 2.75) is 39.2 Å². The van der Waals surface area contributed by atoms with Crippen LogP contribution in [0.25, 0.3) is 0 Å². The van der Waals surface area contributed by atoms with Crippen molar-refractivity contribution in [2.24, 2.45) is 0 Å². The molecule has 4 nitrogen and oxygen atoms in total. The summed E-state index contributed by atoms with van der Waals surface area (Å²) in [5.74, 6) is 0.704. The zero-order valence-electron chi connectivity index (χ0n) is 11.8. The molecule has 0 saturated carbocycles. The number of benzene rings is 1. The van der Waals surface area contributed by atoms with Gasteiger partial charge in [-0.2, -0.15) is 0 Å². The third-order valence-electron chi connectivity index (χ3n) is 3.79. The standard InChI is InChI=1S/C16H18N2O2/c1-10-15(20-11(2)17-10)16(19)18-14-8-7-12-5-3-4-6-13(12)9-14/h3-6,14H,7-9H2,1-2H3,(H,18,19)/t14-/m1/s1. The Morgan fingerprint density at radius 2 is 2.05 bits per heavy atom. The number of amides is 1. The van der Waals surface area contributed by atoms with Crippen LogP contribution in [0.4, 0.5) is 0 Å². The molecule has 0 aliphatic heterocycles. The summed E-state index contributed by atoms with van der Waals surface area (Å²) in [5, 5.41) is 3.06. The van der Waals surface area contributed by atoms with Crippen molar-refractivity contribution in [1.29, 1.82) is 0 Å². The number of hydrogen-bond donors (Lipinski definition) is 1. The number of nitrogens with one attached hydrogen (secondary N) is 1. The fraction of sp³-hybridized carbons (Fsp3) is 0.375. The van der Waals surface area contributed by atoms with Gasteiger partial charge in [-0.1, -0.05) is 24.3 Å². The molecule has 1 atom stereocenters. The minimum atomic E-state index is -0.160. The van der Waals surface area contributed by atoms with E-state index < -0.39 is 0 Å². The number of carbonyl (C=O) groups excluding carboxylic acids is 1. The van der Waals surface area contributed by atoms with Gasteiger partial charge in [-0.3, -0.25) is 4.79 Å². The van der Waals surface area contributed by atoms with Crippen LogP contribution in [-0.2, 0) is 12.8 Å². The van der Waals surface area contributed by atoms with Gasteiger partial charge in [0.05, 0.1) is 5.69 Å². The van der Waals surface area contributed by atoms with E-state index in [9.17, 15) is 4.79 Å². The largest absolute Gasteiger partial charge is 0.436 e. The zero-order valence-corrected chi connectivity index (χ0v) is 11.8. The van der Waals surface area contributed by atoms with Crippen LogP contribution in [0.5, 0.6) is 0 Å². The van der Waals surface area contributed by atoms with E-state index in [-0.39, 0.29) is 11.9 Å². The summed E-state index contributed by atoms with van der Waals surface area (Å²) >= 11 is 0. The Balaban J connectivity index is 1.71. The van der Waals surface area contributed by atoms with E-state index in [2.05, 4.69) is 28.5 Å². The van der Waals surface area contributed by atoms with E-state index >= 15 is 0 Å². The van der Waals surface area contributed by atoms with Crippen molar-refractivity contribution in [3.63, 3.8) is 0 Å². The van der Waals surface area contributed by atoms with Crippen LogP contribution in [0, 0.1) is 13.8 Å². The van der Waals surface area contributed by atoms with E-state index in [0.29, 0.717) is 17.3 Å². The summed E-state index contributed by atoms with van der Waals surface area (Å²) in [6, 6.07) is 8.59. The first kappa shape index (κ1) is 12.9. The van der Waals surface area contributed by atoms with Gasteiger partial charge in [-0.15, -0.1) is 0 Å². The van der Waals surface area contributed by atoms with Gasteiger partial charge in [-0.05, 0) is 37.3 Å². The highest BCUT2D eigenvalue weighted by atomic mass is 16.4. The van der Waals surface area contributed by atoms with Crippen LogP contribution in [-0.4, -0.2) is 16.9 Å². The van der Waals surface area contributed by atoms with Crippen molar-refractivity contribution < 1.29 is 9.21 Å². The van der Waals surface area contributed by atoms with E-state index in [4.69, 9.17) is 4.42 Å². The maximum Gasteiger partial charge on any atom is 0.289 e. The van der Waals surface area contributed by atoms with Gasteiger partial charge >= 0.3 is 0 Å². The molecule has 1 aliphatic carbocycles. The zero-order chi connectivity index (χ0) is 14.1. The highest BCUT2D eigenvalue weighted by Gasteiger charge is 2.23. The number of fused-ring (bicyclic) bond motifs is 1. The Labute approximate surface area is 118 Å². The summed E-state index contributed by atoms with van der Waals surface area (Å²) in [5.41, 5.74) is 3.37. The average Bonchev–Trinajstić information content (AvgIpc) is 2.78. The van der Waals surface area contributed by atoms with Crippen LogP contribution < -0.4 is 5.32 Å². The maximum absolute atomic E-state index is 12.2. The number of carbonyl (C=O) groups is 1. The van der Waals surface area contributed by atoms with Crippen LogP contribution in [0.2, 0.25) is 0 Å². The molecule has 1 aromatic heterocycles. The molecule has 20 heavy (non-hydrogen) atoms. The van der Waals surface area contributed by atoms with E-state index in [1.165, 1.54) is 11.1 Å². The lowest BCUT2D eigenvalue weighted by molar-refractivity contribution is 0.0903. The molecule has 2 aromatic rings. The van der Waals surface area contributed by atoms with Crippen molar-refractivity contribution in [3.05, 3.63) is 52.7 Å². The van der Waals surface area contributed by atoms with E-state index in [1.807, 2.05) is 6.07 Å². The molecular weight excluding hydrogens is 252 g/mol. The Bertz CT molecular complexity index is 646. The molecule has 0 fully saturated rings. The second kappa shape index (κ2) is 5.12. The monoisotopic (exact) mass is 270 g/mol. The predicted octanol–water partition coefficient (Wildman–Crippen LogP) is 2.58. The summed E-state index contributed by atoms with van der Waals surface area (Å²) in [7, 11) is 0. The second-order valence-electron chi connectivity index (χ2n) is 5.33. The van der Waals surface area contributed by atoms with Crippen molar-refractivity contribution in [2.75, 3.05) is 0 Å². The van der Waals surface area contributed by atoms with Gasteiger partial charge in [0.1, 0.15) is 0 Å². The summed E-state index contributed by atoms with van der Waals surface area (Å²) in [6.07, 6.45) is 2.86. The molecular formula is C16H18N2O2. The van der Waals surface area contributed by atoms with E-state index in [1.54, 1.807) is 13.8 Å². The minimum absolute atomic E-state index is 0.160. The molecule has 1 heterocycles. The lowest BCUT2D eigenvalue weighted by Crippen LogP contribution is -2.38. The lowest BCUT2D eigenvalue weighted by Gasteiger charge is -2.25. The third kappa shape index (κ3) is 2.46. The summed E-state index contributed by atoms with van der Waals surface area (Å²) in [6.45, 7) is 3.54. The van der Waals surface area contributed by atoms with Gasteiger partial charge in [-0.25, -0.2) is 4.98 Å². The molecule has 1 N–H and O–H groups in total. The van der Waals surface area contributed by atoms with Gasteiger partial charge in [0.2, 0.25) is 5.76 Å².